The molecule has 1 amide bonds. The number of carbonyl (C=O) groups is 1. The maximum atomic E-state index is 12.0. The van der Waals surface area contributed by atoms with Crippen LogP contribution >= 0.6 is 0 Å². The SMILES string of the molecule is CC(N)CCC(=O)N1CCC(OC2CCCC2)CC1. The van der Waals surface area contributed by atoms with Crippen LogP contribution in [0.25, 0.3) is 0 Å². The summed E-state index contributed by atoms with van der Waals surface area (Å²) < 4.78 is 6.12. The molecule has 2 aliphatic rings. The monoisotopic (exact) mass is 268 g/mol. The zero-order valence-corrected chi connectivity index (χ0v) is 12.1. The van der Waals surface area contributed by atoms with E-state index >= 15 is 0 Å². The third-order valence-electron chi connectivity index (χ3n) is 4.30. The molecule has 0 bridgehead atoms. The Morgan fingerprint density at radius 2 is 1.79 bits per heavy atom. The van der Waals surface area contributed by atoms with E-state index in [1.54, 1.807) is 0 Å². The van der Waals surface area contributed by atoms with Gasteiger partial charge in [0.15, 0.2) is 0 Å². The minimum absolute atomic E-state index is 0.118. The molecular weight excluding hydrogens is 240 g/mol. The smallest absolute Gasteiger partial charge is 0.222 e. The van der Waals surface area contributed by atoms with Crippen LogP contribution in [0.5, 0.6) is 0 Å². The van der Waals surface area contributed by atoms with Crippen LogP contribution in [0, 0.1) is 0 Å². The summed E-state index contributed by atoms with van der Waals surface area (Å²) in [7, 11) is 0. The van der Waals surface area contributed by atoms with Gasteiger partial charge in [-0.1, -0.05) is 12.8 Å². The van der Waals surface area contributed by atoms with E-state index < -0.39 is 0 Å². The molecule has 0 aromatic rings. The maximum absolute atomic E-state index is 12.0. The Balaban J connectivity index is 1.65. The van der Waals surface area contributed by atoms with E-state index in [0.29, 0.717) is 18.6 Å². The molecule has 1 aliphatic heterocycles. The second-order valence-electron chi connectivity index (χ2n) is 6.14. The second-order valence-corrected chi connectivity index (χ2v) is 6.14. The molecule has 1 unspecified atom stereocenters. The summed E-state index contributed by atoms with van der Waals surface area (Å²) in [6.45, 7) is 3.67. The highest BCUT2D eigenvalue weighted by Crippen LogP contribution is 2.25. The normalized spacial score (nSPS) is 23.8. The highest BCUT2D eigenvalue weighted by molar-refractivity contribution is 5.76. The fourth-order valence-corrected chi connectivity index (χ4v) is 3.05. The summed E-state index contributed by atoms with van der Waals surface area (Å²) in [5.41, 5.74) is 5.69. The number of rotatable bonds is 5. The van der Waals surface area contributed by atoms with Crippen molar-refractivity contribution in [3.05, 3.63) is 0 Å². The first-order chi connectivity index (χ1) is 9.15. The highest BCUT2D eigenvalue weighted by atomic mass is 16.5. The van der Waals surface area contributed by atoms with Crippen molar-refractivity contribution in [2.75, 3.05) is 13.1 Å². The molecule has 2 fully saturated rings. The van der Waals surface area contributed by atoms with Crippen molar-refractivity contribution in [2.45, 2.75) is 76.5 Å². The average molecular weight is 268 g/mol. The van der Waals surface area contributed by atoms with Crippen molar-refractivity contribution in [3.63, 3.8) is 0 Å². The molecule has 1 atom stereocenters. The fraction of sp³-hybridized carbons (Fsp3) is 0.933. The third kappa shape index (κ3) is 4.77. The topological polar surface area (TPSA) is 55.6 Å². The van der Waals surface area contributed by atoms with Crippen molar-refractivity contribution in [1.29, 1.82) is 0 Å². The first-order valence-corrected chi connectivity index (χ1v) is 7.84. The lowest BCUT2D eigenvalue weighted by Gasteiger charge is -2.33. The number of nitrogens with zero attached hydrogens (tertiary/aromatic N) is 1. The molecule has 1 saturated heterocycles. The summed E-state index contributed by atoms with van der Waals surface area (Å²) >= 11 is 0. The number of hydrogen-bond donors (Lipinski definition) is 1. The van der Waals surface area contributed by atoms with Crippen LogP contribution in [0.3, 0.4) is 0 Å². The van der Waals surface area contributed by atoms with E-state index in [4.69, 9.17) is 10.5 Å². The molecule has 0 spiro atoms. The second kappa shape index (κ2) is 7.25. The summed E-state index contributed by atoms with van der Waals surface area (Å²) in [5.74, 6) is 0.261. The van der Waals surface area contributed by atoms with Gasteiger partial charge in [0, 0.05) is 25.6 Å². The van der Waals surface area contributed by atoms with Gasteiger partial charge in [-0.3, -0.25) is 4.79 Å². The minimum Gasteiger partial charge on any atom is -0.375 e. The van der Waals surface area contributed by atoms with Gasteiger partial charge in [-0.05, 0) is 39.0 Å². The molecule has 4 heteroatoms. The first kappa shape index (κ1) is 14.8. The lowest BCUT2D eigenvalue weighted by atomic mass is 10.1. The van der Waals surface area contributed by atoms with Crippen LogP contribution in [0.4, 0.5) is 0 Å². The molecular formula is C15H28N2O2. The Morgan fingerprint density at radius 3 is 2.37 bits per heavy atom. The largest absolute Gasteiger partial charge is 0.375 e. The molecule has 4 nitrogen and oxygen atoms in total. The predicted octanol–water partition coefficient (Wildman–Crippen LogP) is 2.06. The fourth-order valence-electron chi connectivity index (χ4n) is 3.05. The summed E-state index contributed by atoms with van der Waals surface area (Å²) in [6, 6.07) is 0.118. The van der Waals surface area contributed by atoms with Gasteiger partial charge in [0.25, 0.3) is 0 Å². The zero-order valence-electron chi connectivity index (χ0n) is 12.1. The van der Waals surface area contributed by atoms with E-state index in [9.17, 15) is 4.79 Å². The van der Waals surface area contributed by atoms with Crippen LogP contribution in [0.2, 0.25) is 0 Å². The molecule has 0 radical (unpaired) electrons. The van der Waals surface area contributed by atoms with Crippen LogP contribution in [-0.4, -0.2) is 42.1 Å². The predicted molar refractivity (Wildman–Crippen MR) is 75.8 cm³/mol. The summed E-state index contributed by atoms with van der Waals surface area (Å²) in [6.07, 6.45) is 9.34. The third-order valence-corrected chi connectivity index (χ3v) is 4.30. The van der Waals surface area contributed by atoms with Gasteiger partial charge in [0.05, 0.1) is 12.2 Å². The number of hydrogen-bond acceptors (Lipinski definition) is 3. The molecule has 2 rings (SSSR count). The lowest BCUT2D eigenvalue weighted by Crippen LogP contribution is -2.41. The summed E-state index contributed by atoms with van der Waals surface area (Å²) in [4.78, 5) is 14.0. The Kier molecular flexibility index (Phi) is 5.64. The van der Waals surface area contributed by atoms with Gasteiger partial charge >= 0.3 is 0 Å². The van der Waals surface area contributed by atoms with Crippen LogP contribution in [-0.2, 0) is 9.53 Å². The number of amides is 1. The van der Waals surface area contributed by atoms with Gasteiger partial charge in [-0.15, -0.1) is 0 Å². The Morgan fingerprint density at radius 1 is 1.21 bits per heavy atom. The molecule has 19 heavy (non-hydrogen) atoms. The number of nitrogens with two attached hydrogens (primary N) is 1. The Bertz CT molecular complexity index is 280. The lowest BCUT2D eigenvalue weighted by molar-refractivity contribution is -0.134. The van der Waals surface area contributed by atoms with Gasteiger partial charge in [0.2, 0.25) is 5.91 Å². The number of carbonyl (C=O) groups excluding carboxylic acids is 1. The quantitative estimate of drug-likeness (QED) is 0.830. The molecule has 1 aliphatic carbocycles. The molecule has 0 aromatic carbocycles. The number of ether oxygens (including phenoxy) is 1. The van der Waals surface area contributed by atoms with Gasteiger partial charge in [-0.2, -0.15) is 0 Å². The average Bonchev–Trinajstić information content (AvgIpc) is 2.89. The van der Waals surface area contributed by atoms with E-state index in [1.807, 2.05) is 11.8 Å². The van der Waals surface area contributed by atoms with E-state index in [0.717, 1.165) is 32.4 Å². The maximum Gasteiger partial charge on any atom is 0.222 e. The van der Waals surface area contributed by atoms with Gasteiger partial charge in [-0.25, -0.2) is 0 Å². The van der Waals surface area contributed by atoms with Crippen molar-refractivity contribution in [2.24, 2.45) is 5.73 Å². The molecule has 110 valence electrons. The van der Waals surface area contributed by atoms with Crippen molar-refractivity contribution < 1.29 is 9.53 Å². The number of likely N-dealkylation sites (tertiary alicyclic amines) is 1. The van der Waals surface area contributed by atoms with Gasteiger partial charge in [0.1, 0.15) is 0 Å². The summed E-state index contributed by atoms with van der Waals surface area (Å²) in [5, 5.41) is 0. The first-order valence-electron chi connectivity index (χ1n) is 7.84. The van der Waals surface area contributed by atoms with Crippen LogP contribution in [0.15, 0.2) is 0 Å². The van der Waals surface area contributed by atoms with Crippen molar-refractivity contribution in [3.8, 4) is 0 Å². The molecule has 1 saturated carbocycles. The molecule has 0 aromatic heterocycles. The Hall–Kier alpha value is -0.610. The molecule has 2 N–H and O–H groups in total. The van der Waals surface area contributed by atoms with E-state index in [-0.39, 0.29) is 11.9 Å². The van der Waals surface area contributed by atoms with Crippen LogP contribution in [0.1, 0.15) is 58.3 Å². The molecule has 1 heterocycles. The Labute approximate surface area is 116 Å². The van der Waals surface area contributed by atoms with E-state index in [1.165, 1.54) is 25.7 Å². The van der Waals surface area contributed by atoms with Crippen molar-refractivity contribution >= 4 is 5.91 Å². The van der Waals surface area contributed by atoms with Crippen molar-refractivity contribution in [1.82, 2.24) is 4.90 Å². The highest BCUT2D eigenvalue weighted by Gasteiger charge is 2.26. The number of piperidine rings is 1. The zero-order chi connectivity index (χ0) is 13.7. The standard InChI is InChI=1S/C15H28N2O2/c1-12(16)6-7-15(18)17-10-8-14(9-11-17)19-13-4-2-3-5-13/h12-14H,2-11,16H2,1H3. The van der Waals surface area contributed by atoms with Gasteiger partial charge < -0.3 is 15.4 Å². The van der Waals surface area contributed by atoms with Crippen LogP contribution < -0.4 is 5.73 Å². The minimum atomic E-state index is 0.118. The van der Waals surface area contributed by atoms with E-state index in [2.05, 4.69) is 0 Å².